The Morgan fingerprint density at radius 1 is 1.06 bits per heavy atom. The summed E-state index contributed by atoms with van der Waals surface area (Å²) < 4.78 is 5.47. The van der Waals surface area contributed by atoms with Gasteiger partial charge in [-0.3, -0.25) is 19.6 Å². The first-order valence-electron chi connectivity index (χ1n) is 10.6. The zero-order valence-electron chi connectivity index (χ0n) is 17.6. The van der Waals surface area contributed by atoms with Gasteiger partial charge in [-0.2, -0.15) is 0 Å². The van der Waals surface area contributed by atoms with Crippen molar-refractivity contribution in [1.82, 2.24) is 9.91 Å². The van der Waals surface area contributed by atoms with Crippen molar-refractivity contribution in [3.63, 3.8) is 0 Å². The number of hydrogen-bond donors (Lipinski definition) is 0. The molecule has 0 bridgehead atoms. The molecule has 2 aromatic carbocycles. The smallest absolute Gasteiger partial charge is 0.329 e. The predicted octanol–water partition coefficient (Wildman–Crippen LogP) is 2.62. The molecule has 2 atom stereocenters. The summed E-state index contributed by atoms with van der Waals surface area (Å²) in [5.41, 5.74) is 1.79. The van der Waals surface area contributed by atoms with Crippen LogP contribution in [0.1, 0.15) is 24.8 Å². The van der Waals surface area contributed by atoms with Crippen LogP contribution in [-0.2, 0) is 25.7 Å². The number of benzene rings is 2. The number of esters is 1. The van der Waals surface area contributed by atoms with E-state index in [2.05, 4.69) is 0 Å². The Morgan fingerprint density at radius 3 is 2.45 bits per heavy atom. The van der Waals surface area contributed by atoms with Gasteiger partial charge in [-0.15, -0.1) is 0 Å². The quantitative estimate of drug-likeness (QED) is 0.671. The van der Waals surface area contributed by atoms with Gasteiger partial charge in [0.1, 0.15) is 12.6 Å². The van der Waals surface area contributed by atoms with Gasteiger partial charge in [0.2, 0.25) is 11.8 Å². The third-order valence-corrected chi connectivity index (χ3v) is 5.98. The highest BCUT2D eigenvalue weighted by molar-refractivity contribution is 5.92. The van der Waals surface area contributed by atoms with Crippen LogP contribution in [0.4, 0.5) is 5.69 Å². The molecular formula is C24H27N3O4. The van der Waals surface area contributed by atoms with Crippen LogP contribution in [0.25, 0.3) is 0 Å². The summed E-state index contributed by atoms with van der Waals surface area (Å²) in [6, 6.07) is 18.5. The zero-order chi connectivity index (χ0) is 21.8. The second kappa shape index (κ2) is 9.20. The molecule has 31 heavy (non-hydrogen) atoms. The Hall–Kier alpha value is -3.35. The zero-order valence-corrected chi connectivity index (χ0v) is 17.6. The van der Waals surface area contributed by atoms with Crippen LogP contribution in [0.15, 0.2) is 60.7 Å². The van der Waals surface area contributed by atoms with Crippen molar-refractivity contribution >= 4 is 23.5 Å². The number of rotatable bonds is 6. The lowest BCUT2D eigenvalue weighted by Crippen LogP contribution is -2.46. The topological polar surface area (TPSA) is 70.2 Å². The minimum atomic E-state index is -0.577. The molecule has 2 aliphatic heterocycles. The molecule has 0 spiro atoms. The maximum absolute atomic E-state index is 13.2. The lowest BCUT2D eigenvalue weighted by Gasteiger charge is -2.30. The van der Waals surface area contributed by atoms with Gasteiger partial charge in [0.05, 0.1) is 18.2 Å². The summed E-state index contributed by atoms with van der Waals surface area (Å²) in [7, 11) is 1.82. The Kier molecular flexibility index (Phi) is 6.21. The van der Waals surface area contributed by atoms with Gasteiger partial charge in [0, 0.05) is 20.0 Å². The highest BCUT2D eigenvalue weighted by Crippen LogP contribution is 2.28. The molecule has 2 aliphatic rings. The molecule has 0 aromatic heterocycles. The first kappa shape index (κ1) is 20.9. The number of nitrogens with zero attached hydrogens (tertiary/aromatic N) is 3. The Morgan fingerprint density at radius 2 is 1.74 bits per heavy atom. The summed E-state index contributed by atoms with van der Waals surface area (Å²) in [6.45, 7) is 1.02. The van der Waals surface area contributed by atoms with E-state index in [4.69, 9.17) is 4.74 Å². The second-order valence-electron chi connectivity index (χ2n) is 8.02. The van der Waals surface area contributed by atoms with Crippen LogP contribution in [0.2, 0.25) is 0 Å². The average molecular weight is 421 g/mol. The lowest BCUT2D eigenvalue weighted by atomic mass is 10.1. The van der Waals surface area contributed by atoms with E-state index in [1.165, 1.54) is 0 Å². The first-order chi connectivity index (χ1) is 15.0. The van der Waals surface area contributed by atoms with E-state index in [0.29, 0.717) is 19.5 Å². The van der Waals surface area contributed by atoms with Crippen molar-refractivity contribution < 1.29 is 19.1 Å². The SMILES string of the molecule is CN(c1ccccc1)N1CC(C(=O)N2CCC[C@H]2C(=O)OCc2ccccc2)CC1=O. The van der Waals surface area contributed by atoms with E-state index in [0.717, 1.165) is 17.7 Å². The van der Waals surface area contributed by atoms with Gasteiger partial charge in [0.15, 0.2) is 0 Å². The fraction of sp³-hybridized carbons (Fsp3) is 0.375. The number of likely N-dealkylation sites (tertiary alicyclic amines) is 1. The van der Waals surface area contributed by atoms with Crippen molar-refractivity contribution in [2.24, 2.45) is 5.92 Å². The van der Waals surface area contributed by atoms with Crippen LogP contribution in [0.5, 0.6) is 0 Å². The molecule has 0 aliphatic carbocycles. The second-order valence-corrected chi connectivity index (χ2v) is 8.02. The van der Waals surface area contributed by atoms with Gasteiger partial charge in [-0.05, 0) is 30.5 Å². The maximum atomic E-state index is 13.2. The summed E-state index contributed by atoms with van der Waals surface area (Å²) in [4.78, 5) is 40.1. The monoisotopic (exact) mass is 421 g/mol. The average Bonchev–Trinajstić information content (AvgIpc) is 3.45. The third-order valence-electron chi connectivity index (χ3n) is 5.98. The number of carbonyl (C=O) groups is 3. The third kappa shape index (κ3) is 4.55. The van der Waals surface area contributed by atoms with Crippen molar-refractivity contribution in [3.05, 3.63) is 66.2 Å². The molecule has 4 rings (SSSR count). The van der Waals surface area contributed by atoms with Gasteiger partial charge < -0.3 is 9.64 Å². The molecule has 2 fully saturated rings. The van der Waals surface area contributed by atoms with Gasteiger partial charge in [-0.25, -0.2) is 4.79 Å². The number of para-hydroxylation sites is 1. The number of ether oxygens (including phenoxy) is 1. The van der Waals surface area contributed by atoms with Crippen LogP contribution < -0.4 is 5.01 Å². The molecule has 7 nitrogen and oxygen atoms in total. The van der Waals surface area contributed by atoms with Gasteiger partial charge >= 0.3 is 5.97 Å². The molecule has 1 unspecified atom stereocenters. The molecular weight excluding hydrogens is 394 g/mol. The Balaban J connectivity index is 1.38. The van der Waals surface area contributed by atoms with Crippen molar-refractivity contribution in [3.8, 4) is 0 Å². The number of hydrazine groups is 1. The van der Waals surface area contributed by atoms with E-state index < -0.39 is 12.0 Å². The maximum Gasteiger partial charge on any atom is 0.329 e. The largest absolute Gasteiger partial charge is 0.459 e. The standard InChI is InChI=1S/C24H27N3O4/c1-25(20-11-6-3-7-12-20)27-16-19(15-22(27)28)23(29)26-14-8-13-21(26)24(30)31-17-18-9-4-2-5-10-18/h2-7,9-12,19,21H,8,13-17H2,1H3/t19?,21-/m0/s1. The molecule has 2 aromatic rings. The summed E-state index contributed by atoms with van der Waals surface area (Å²) >= 11 is 0. The number of hydrogen-bond acceptors (Lipinski definition) is 5. The van der Waals surface area contributed by atoms with Gasteiger partial charge in [-0.1, -0.05) is 48.5 Å². The molecule has 2 heterocycles. The highest BCUT2D eigenvalue weighted by Gasteiger charge is 2.43. The number of anilines is 1. The normalized spacial score (nSPS) is 20.7. The summed E-state index contributed by atoms with van der Waals surface area (Å²) in [5.74, 6) is -1.07. The number of carbonyl (C=O) groups excluding carboxylic acids is 3. The minimum absolute atomic E-state index is 0.0906. The Labute approximate surface area is 182 Å². The molecule has 162 valence electrons. The minimum Gasteiger partial charge on any atom is -0.459 e. The van der Waals surface area contributed by atoms with Crippen LogP contribution >= 0.6 is 0 Å². The molecule has 0 saturated carbocycles. The first-order valence-corrected chi connectivity index (χ1v) is 10.6. The van der Waals surface area contributed by atoms with Crippen LogP contribution in [0.3, 0.4) is 0 Å². The van der Waals surface area contributed by atoms with Crippen LogP contribution in [-0.4, -0.2) is 53.9 Å². The van der Waals surface area contributed by atoms with Crippen molar-refractivity contribution in [2.75, 3.05) is 25.1 Å². The Bertz CT molecular complexity index is 934. The molecule has 2 saturated heterocycles. The fourth-order valence-electron chi connectivity index (χ4n) is 4.26. The van der Waals surface area contributed by atoms with E-state index in [-0.39, 0.29) is 30.8 Å². The van der Waals surface area contributed by atoms with E-state index in [1.54, 1.807) is 14.9 Å². The highest BCUT2D eigenvalue weighted by atomic mass is 16.5. The molecule has 2 amide bonds. The summed E-state index contributed by atoms with van der Waals surface area (Å²) in [5, 5.41) is 3.39. The summed E-state index contributed by atoms with van der Waals surface area (Å²) in [6.07, 6.45) is 1.50. The van der Waals surface area contributed by atoms with Crippen molar-refractivity contribution in [1.29, 1.82) is 0 Å². The molecule has 7 heteroatoms. The van der Waals surface area contributed by atoms with E-state index >= 15 is 0 Å². The fourth-order valence-corrected chi connectivity index (χ4v) is 4.26. The predicted molar refractivity (Wildman–Crippen MR) is 116 cm³/mol. The van der Waals surface area contributed by atoms with E-state index in [1.807, 2.05) is 67.7 Å². The molecule has 0 radical (unpaired) electrons. The molecule has 0 N–H and O–H groups in total. The van der Waals surface area contributed by atoms with Crippen molar-refractivity contribution in [2.45, 2.75) is 31.9 Å². The van der Waals surface area contributed by atoms with Gasteiger partial charge in [0.25, 0.3) is 0 Å². The lowest BCUT2D eigenvalue weighted by molar-refractivity contribution is -0.155. The number of amides is 2. The van der Waals surface area contributed by atoms with Crippen LogP contribution in [0, 0.1) is 5.92 Å². The van der Waals surface area contributed by atoms with E-state index in [9.17, 15) is 14.4 Å².